The van der Waals surface area contributed by atoms with Gasteiger partial charge in [-0.2, -0.15) is 0 Å². The Kier molecular flexibility index (Phi) is 8.24. The molecule has 1 amide bonds. The highest BCUT2D eigenvalue weighted by atomic mass is 35.5. The summed E-state index contributed by atoms with van der Waals surface area (Å²) >= 11 is 7.66. The summed E-state index contributed by atoms with van der Waals surface area (Å²) in [7, 11) is 0. The van der Waals surface area contributed by atoms with Gasteiger partial charge in [-0.15, -0.1) is 11.3 Å². The molecule has 0 aliphatic carbocycles. The van der Waals surface area contributed by atoms with E-state index in [1.54, 1.807) is 31.2 Å². The molecule has 3 aromatic rings. The molecule has 0 spiro atoms. The fourth-order valence-electron chi connectivity index (χ4n) is 3.42. The van der Waals surface area contributed by atoms with Crippen LogP contribution < -0.4 is 11.1 Å². The maximum Gasteiger partial charge on any atom is 0.241 e. The van der Waals surface area contributed by atoms with Crippen LogP contribution in [0.5, 0.6) is 0 Å². The smallest absolute Gasteiger partial charge is 0.241 e. The predicted molar refractivity (Wildman–Crippen MR) is 134 cm³/mol. The monoisotopic (exact) mass is 468 g/mol. The van der Waals surface area contributed by atoms with Gasteiger partial charge in [0.2, 0.25) is 5.91 Å². The number of hydrogen-bond acceptors (Lipinski definition) is 4. The number of ketones is 1. The van der Waals surface area contributed by atoms with E-state index in [-0.39, 0.29) is 11.7 Å². The number of amides is 1. The largest absolute Gasteiger partial charge is 0.320 e. The number of nitrogens with one attached hydrogen (secondary N) is 1. The molecule has 0 saturated carbocycles. The molecule has 0 unspecified atom stereocenters. The van der Waals surface area contributed by atoms with Gasteiger partial charge in [0.1, 0.15) is 5.00 Å². The molecule has 1 heterocycles. The van der Waals surface area contributed by atoms with Crippen LogP contribution in [0.2, 0.25) is 5.02 Å². The van der Waals surface area contributed by atoms with Crippen molar-refractivity contribution in [3.63, 3.8) is 0 Å². The summed E-state index contributed by atoms with van der Waals surface area (Å²) in [5.74, 6) is 0.0920. The number of hydrogen-bond donors (Lipinski definition) is 2. The molecule has 0 radical (unpaired) electrons. The van der Waals surface area contributed by atoms with Crippen LogP contribution in [0.25, 0.3) is 0 Å². The van der Waals surface area contributed by atoms with E-state index >= 15 is 0 Å². The fourth-order valence-corrected chi connectivity index (χ4v) is 4.70. The molecular formula is C26H29ClN2O2S. The number of carbonyl (C=O) groups excluding carboxylic acids is 2. The predicted octanol–water partition coefficient (Wildman–Crippen LogP) is 5.90. The lowest BCUT2D eigenvalue weighted by atomic mass is 10.00. The Bertz CT molecular complexity index is 1090. The van der Waals surface area contributed by atoms with Crippen LogP contribution in [0.4, 0.5) is 5.00 Å². The summed E-state index contributed by atoms with van der Waals surface area (Å²) in [6, 6.07) is 16.8. The lowest BCUT2D eigenvalue weighted by molar-refractivity contribution is -0.117. The van der Waals surface area contributed by atoms with Crippen LogP contribution in [0.3, 0.4) is 0 Å². The van der Waals surface area contributed by atoms with Gasteiger partial charge < -0.3 is 11.1 Å². The van der Waals surface area contributed by atoms with E-state index < -0.39 is 6.04 Å². The van der Waals surface area contributed by atoms with Gasteiger partial charge in [-0.05, 0) is 61.4 Å². The number of carbonyl (C=O) groups is 2. The number of anilines is 1. The first-order valence-corrected chi connectivity index (χ1v) is 12.0. The van der Waals surface area contributed by atoms with Gasteiger partial charge in [0.05, 0.1) is 16.6 Å². The standard InChI is InChI=1S/C26H29ClN2O2S/c1-16(2)14-19-10-8-18(9-11-19)12-13-20-15-22(26(32-20)29-25(31)17(3)28)24(30)21-6-4-5-7-23(21)27/h4-11,15-17H,12-14,28H2,1-3H3,(H,29,31)/t17-/m0/s1. The van der Waals surface area contributed by atoms with Crippen LogP contribution in [-0.4, -0.2) is 17.7 Å². The zero-order valence-electron chi connectivity index (χ0n) is 18.7. The molecule has 0 aliphatic heterocycles. The lowest BCUT2D eigenvalue weighted by Gasteiger charge is -2.08. The minimum atomic E-state index is -0.673. The molecule has 0 aliphatic rings. The van der Waals surface area contributed by atoms with Crippen LogP contribution in [-0.2, 0) is 24.1 Å². The third-order valence-corrected chi connectivity index (χ3v) is 6.56. The first kappa shape index (κ1) is 24.2. The Morgan fingerprint density at radius 3 is 2.25 bits per heavy atom. The van der Waals surface area contributed by atoms with Crippen LogP contribution in [0, 0.1) is 5.92 Å². The van der Waals surface area contributed by atoms with E-state index in [0.29, 0.717) is 27.1 Å². The summed E-state index contributed by atoms with van der Waals surface area (Å²) in [5.41, 5.74) is 9.15. The van der Waals surface area contributed by atoms with Crippen molar-refractivity contribution in [2.45, 2.75) is 46.1 Å². The van der Waals surface area contributed by atoms with Gasteiger partial charge in [-0.25, -0.2) is 0 Å². The van der Waals surface area contributed by atoms with E-state index in [0.717, 1.165) is 24.1 Å². The highest BCUT2D eigenvalue weighted by Crippen LogP contribution is 2.32. The average Bonchev–Trinajstić information content (AvgIpc) is 3.15. The van der Waals surface area contributed by atoms with Crippen LogP contribution in [0.1, 0.15) is 52.7 Å². The third kappa shape index (κ3) is 6.28. The van der Waals surface area contributed by atoms with E-state index in [1.807, 2.05) is 6.07 Å². The normalized spacial score (nSPS) is 12.1. The highest BCUT2D eigenvalue weighted by molar-refractivity contribution is 7.16. The number of benzene rings is 2. The van der Waals surface area contributed by atoms with Gasteiger partial charge in [0.15, 0.2) is 5.78 Å². The Morgan fingerprint density at radius 1 is 0.969 bits per heavy atom. The maximum atomic E-state index is 13.2. The second-order valence-electron chi connectivity index (χ2n) is 8.46. The number of aryl methyl sites for hydroxylation is 2. The second kappa shape index (κ2) is 10.9. The molecule has 1 aromatic heterocycles. The highest BCUT2D eigenvalue weighted by Gasteiger charge is 2.22. The Balaban J connectivity index is 1.81. The van der Waals surface area contributed by atoms with Gasteiger partial charge in [0, 0.05) is 10.4 Å². The SMILES string of the molecule is CC(C)Cc1ccc(CCc2cc(C(=O)c3ccccc3Cl)c(NC(=O)[C@H](C)N)s2)cc1. The molecule has 0 saturated heterocycles. The number of thiophene rings is 1. The molecule has 2 aromatic carbocycles. The maximum absolute atomic E-state index is 13.2. The number of nitrogens with two attached hydrogens (primary N) is 1. The van der Waals surface area contributed by atoms with Crippen molar-refractivity contribution >= 4 is 39.6 Å². The molecular weight excluding hydrogens is 440 g/mol. The quantitative estimate of drug-likeness (QED) is 0.384. The fraction of sp³-hybridized carbons (Fsp3) is 0.308. The summed E-state index contributed by atoms with van der Waals surface area (Å²) in [6.07, 6.45) is 2.69. The Morgan fingerprint density at radius 2 is 1.62 bits per heavy atom. The molecule has 3 rings (SSSR count). The van der Waals surface area contributed by atoms with Crippen molar-refractivity contribution in [3.8, 4) is 0 Å². The van der Waals surface area contributed by atoms with E-state index in [2.05, 4.69) is 43.4 Å². The zero-order chi connectivity index (χ0) is 23.3. The summed E-state index contributed by atoms with van der Waals surface area (Å²) in [4.78, 5) is 26.4. The van der Waals surface area contributed by atoms with Gasteiger partial charge >= 0.3 is 0 Å². The average molecular weight is 469 g/mol. The van der Waals surface area contributed by atoms with Gasteiger partial charge in [-0.1, -0.05) is 61.8 Å². The molecule has 4 nitrogen and oxygen atoms in total. The van der Waals surface area contributed by atoms with E-state index in [1.165, 1.54) is 22.5 Å². The van der Waals surface area contributed by atoms with Crippen molar-refractivity contribution in [3.05, 3.63) is 86.8 Å². The van der Waals surface area contributed by atoms with Crippen LogP contribution in [0.15, 0.2) is 54.6 Å². The molecule has 0 bridgehead atoms. The molecule has 3 N–H and O–H groups in total. The van der Waals surface area contributed by atoms with Crippen molar-refractivity contribution in [2.24, 2.45) is 11.7 Å². The number of halogens is 1. The molecule has 0 fully saturated rings. The molecule has 1 atom stereocenters. The third-order valence-electron chi connectivity index (χ3n) is 5.12. The first-order chi connectivity index (χ1) is 15.2. The van der Waals surface area contributed by atoms with E-state index in [4.69, 9.17) is 17.3 Å². The van der Waals surface area contributed by atoms with Crippen molar-refractivity contribution < 1.29 is 9.59 Å². The Hall–Kier alpha value is -2.47. The topological polar surface area (TPSA) is 72.2 Å². The van der Waals surface area contributed by atoms with E-state index in [9.17, 15) is 9.59 Å². The molecule has 168 valence electrons. The van der Waals surface area contributed by atoms with Gasteiger partial charge in [0.25, 0.3) is 0 Å². The summed E-state index contributed by atoms with van der Waals surface area (Å²) < 4.78 is 0. The first-order valence-electron chi connectivity index (χ1n) is 10.8. The Labute approximate surface area is 198 Å². The molecule has 6 heteroatoms. The van der Waals surface area contributed by atoms with Crippen molar-refractivity contribution in [1.29, 1.82) is 0 Å². The van der Waals surface area contributed by atoms with Crippen molar-refractivity contribution in [1.82, 2.24) is 0 Å². The van der Waals surface area contributed by atoms with Crippen LogP contribution >= 0.6 is 22.9 Å². The minimum absolute atomic E-state index is 0.212. The zero-order valence-corrected chi connectivity index (χ0v) is 20.2. The minimum Gasteiger partial charge on any atom is -0.320 e. The molecule has 32 heavy (non-hydrogen) atoms. The summed E-state index contributed by atoms with van der Waals surface area (Å²) in [6.45, 7) is 6.05. The lowest BCUT2D eigenvalue weighted by Crippen LogP contribution is -2.32. The van der Waals surface area contributed by atoms with Gasteiger partial charge in [-0.3, -0.25) is 9.59 Å². The second-order valence-corrected chi connectivity index (χ2v) is 10.0. The number of rotatable bonds is 9. The summed E-state index contributed by atoms with van der Waals surface area (Å²) in [5, 5.41) is 3.71. The van der Waals surface area contributed by atoms with Crippen molar-refractivity contribution in [2.75, 3.05) is 5.32 Å².